The molecule has 19 heavy (non-hydrogen) atoms. The van der Waals surface area contributed by atoms with Gasteiger partial charge >= 0.3 is 0 Å². The van der Waals surface area contributed by atoms with E-state index in [2.05, 4.69) is 35.0 Å². The van der Waals surface area contributed by atoms with Gasteiger partial charge in [-0.1, -0.05) is 24.3 Å². The van der Waals surface area contributed by atoms with E-state index in [1.165, 1.54) is 11.1 Å². The summed E-state index contributed by atoms with van der Waals surface area (Å²) in [6, 6.07) is 14.3. The fourth-order valence-electron chi connectivity index (χ4n) is 2.25. The second-order valence-corrected chi connectivity index (χ2v) is 5.65. The van der Waals surface area contributed by atoms with Crippen LogP contribution in [0.3, 0.4) is 0 Å². The zero-order valence-electron chi connectivity index (χ0n) is 10.7. The van der Waals surface area contributed by atoms with Gasteiger partial charge in [0, 0.05) is 6.42 Å². The van der Waals surface area contributed by atoms with Crippen LogP contribution in [0.15, 0.2) is 46.9 Å². The molecule has 0 bridgehead atoms. The SMILES string of the molecule is Cc1ccc(OCC2Cc3ccccc3O2)c(Br)c1. The zero-order chi connectivity index (χ0) is 13.2. The van der Waals surface area contributed by atoms with Crippen LogP contribution in [-0.4, -0.2) is 12.7 Å². The number of para-hydroxylation sites is 1. The van der Waals surface area contributed by atoms with Crippen molar-refractivity contribution in [1.29, 1.82) is 0 Å². The van der Waals surface area contributed by atoms with Gasteiger partial charge in [-0.25, -0.2) is 0 Å². The largest absolute Gasteiger partial charge is 0.489 e. The van der Waals surface area contributed by atoms with Crippen molar-refractivity contribution in [2.45, 2.75) is 19.4 Å². The second-order valence-electron chi connectivity index (χ2n) is 4.80. The first-order valence-electron chi connectivity index (χ1n) is 6.36. The number of ether oxygens (including phenoxy) is 2. The summed E-state index contributed by atoms with van der Waals surface area (Å²) < 4.78 is 12.7. The molecular formula is C16H15BrO2. The average molecular weight is 319 g/mol. The van der Waals surface area contributed by atoms with Crippen molar-refractivity contribution in [3.8, 4) is 11.5 Å². The number of hydrogen-bond donors (Lipinski definition) is 0. The molecule has 2 aromatic rings. The van der Waals surface area contributed by atoms with E-state index < -0.39 is 0 Å². The summed E-state index contributed by atoms with van der Waals surface area (Å²) in [6.07, 6.45) is 1.02. The molecule has 0 radical (unpaired) electrons. The highest BCUT2D eigenvalue weighted by atomic mass is 79.9. The number of benzene rings is 2. The summed E-state index contributed by atoms with van der Waals surface area (Å²) in [5.74, 6) is 1.85. The van der Waals surface area contributed by atoms with Crippen LogP contribution in [0.1, 0.15) is 11.1 Å². The van der Waals surface area contributed by atoms with Gasteiger partial charge in [0.1, 0.15) is 24.2 Å². The highest BCUT2D eigenvalue weighted by molar-refractivity contribution is 9.10. The molecule has 3 heteroatoms. The molecule has 0 N–H and O–H groups in total. The molecule has 0 spiro atoms. The van der Waals surface area contributed by atoms with Crippen molar-refractivity contribution < 1.29 is 9.47 Å². The van der Waals surface area contributed by atoms with E-state index in [-0.39, 0.29) is 6.10 Å². The molecule has 1 atom stereocenters. The molecule has 0 aromatic heterocycles. The van der Waals surface area contributed by atoms with Crippen LogP contribution in [0.5, 0.6) is 11.5 Å². The first kappa shape index (κ1) is 12.5. The van der Waals surface area contributed by atoms with E-state index in [0.717, 1.165) is 22.4 Å². The van der Waals surface area contributed by atoms with Crippen molar-refractivity contribution in [3.63, 3.8) is 0 Å². The number of aryl methyl sites for hydroxylation is 1. The highest BCUT2D eigenvalue weighted by Crippen LogP contribution is 2.30. The lowest BCUT2D eigenvalue weighted by Crippen LogP contribution is -2.22. The molecule has 1 heterocycles. The minimum Gasteiger partial charge on any atom is -0.489 e. The Balaban J connectivity index is 1.63. The summed E-state index contributed by atoms with van der Waals surface area (Å²) in [4.78, 5) is 0. The van der Waals surface area contributed by atoms with E-state index in [1.54, 1.807) is 0 Å². The quantitative estimate of drug-likeness (QED) is 0.846. The van der Waals surface area contributed by atoms with Crippen LogP contribution < -0.4 is 9.47 Å². The number of halogens is 1. The molecular weight excluding hydrogens is 304 g/mol. The first-order chi connectivity index (χ1) is 9.22. The van der Waals surface area contributed by atoms with Crippen LogP contribution in [-0.2, 0) is 6.42 Å². The summed E-state index contributed by atoms with van der Waals surface area (Å²) in [5.41, 5.74) is 2.47. The van der Waals surface area contributed by atoms with Crippen molar-refractivity contribution in [1.82, 2.24) is 0 Å². The zero-order valence-corrected chi connectivity index (χ0v) is 12.3. The Kier molecular flexibility index (Phi) is 3.47. The third-order valence-corrected chi connectivity index (χ3v) is 3.85. The maximum absolute atomic E-state index is 5.85. The molecule has 2 aromatic carbocycles. The monoisotopic (exact) mass is 318 g/mol. The molecule has 0 saturated carbocycles. The lowest BCUT2D eigenvalue weighted by Gasteiger charge is -2.13. The predicted molar refractivity (Wildman–Crippen MR) is 78.9 cm³/mol. The smallest absolute Gasteiger partial charge is 0.137 e. The van der Waals surface area contributed by atoms with Crippen LogP contribution in [0, 0.1) is 6.92 Å². The fourth-order valence-corrected chi connectivity index (χ4v) is 2.86. The van der Waals surface area contributed by atoms with Crippen LogP contribution in [0.4, 0.5) is 0 Å². The van der Waals surface area contributed by atoms with Gasteiger partial charge in [-0.05, 0) is 52.2 Å². The van der Waals surface area contributed by atoms with E-state index in [9.17, 15) is 0 Å². The minimum absolute atomic E-state index is 0.102. The third kappa shape index (κ3) is 2.76. The fraction of sp³-hybridized carbons (Fsp3) is 0.250. The van der Waals surface area contributed by atoms with Crippen molar-refractivity contribution in [2.75, 3.05) is 6.61 Å². The summed E-state index contributed by atoms with van der Waals surface area (Å²) in [5, 5.41) is 0. The van der Waals surface area contributed by atoms with Crippen LogP contribution in [0.2, 0.25) is 0 Å². The van der Waals surface area contributed by atoms with Gasteiger partial charge in [-0.3, -0.25) is 0 Å². The number of rotatable bonds is 3. The number of fused-ring (bicyclic) bond motifs is 1. The highest BCUT2D eigenvalue weighted by Gasteiger charge is 2.22. The van der Waals surface area contributed by atoms with Crippen LogP contribution in [0.25, 0.3) is 0 Å². The lowest BCUT2D eigenvalue weighted by molar-refractivity contribution is 0.148. The summed E-state index contributed by atoms with van der Waals surface area (Å²) in [7, 11) is 0. The molecule has 0 fully saturated rings. The molecule has 98 valence electrons. The van der Waals surface area contributed by atoms with Crippen molar-refractivity contribution >= 4 is 15.9 Å². The van der Waals surface area contributed by atoms with E-state index >= 15 is 0 Å². The van der Waals surface area contributed by atoms with Crippen molar-refractivity contribution in [3.05, 3.63) is 58.1 Å². The molecule has 0 saturated heterocycles. The Labute approximate surface area is 121 Å². The Morgan fingerprint density at radius 3 is 2.89 bits per heavy atom. The van der Waals surface area contributed by atoms with Crippen LogP contribution >= 0.6 is 15.9 Å². The van der Waals surface area contributed by atoms with Gasteiger partial charge in [0.25, 0.3) is 0 Å². The Bertz CT molecular complexity index is 570. The van der Waals surface area contributed by atoms with E-state index in [0.29, 0.717) is 6.61 Å². The normalized spacial score (nSPS) is 16.8. The van der Waals surface area contributed by atoms with Gasteiger partial charge in [-0.2, -0.15) is 0 Å². The minimum atomic E-state index is 0.102. The molecule has 1 unspecified atom stereocenters. The Hall–Kier alpha value is -1.48. The Morgan fingerprint density at radius 2 is 2.11 bits per heavy atom. The molecule has 3 rings (SSSR count). The standard InChI is InChI=1S/C16H15BrO2/c1-11-6-7-16(14(17)8-11)18-10-13-9-12-4-2-3-5-15(12)19-13/h2-8,13H,9-10H2,1H3. The van der Waals surface area contributed by atoms with E-state index in [1.807, 2.05) is 30.3 Å². The maximum Gasteiger partial charge on any atom is 0.137 e. The molecule has 1 aliphatic rings. The van der Waals surface area contributed by atoms with Gasteiger partial charge in [-0.15, -0.1) is 0 Å². The van der Waals surface area contributed by atoms with Gasteiger partial charge < -0.3 is 9.47 Å². The van der Waals surface area contributed by atoms with Crippen molar-refractivity contribution in [2.24, 2.45) is 0 Å². The van der Waals surface area contributed by atoms with Gasteiger partial charge in [0.2, 0.25) is 0 Å². The Morgan fingerprint density at radius 1 is 1.26 bits per heavy atom. The lowest BCUT2D eigenvalue weighted by atomic mass is 10.1. The summed E-state index contributed by atoms with van der Waals surface area (Å²) in [6.45, 7) is 2.63. The predicted octanol–water partition coefficient (Wildman–Crippen LogP) is 4.14. The maximum atomic E-state index is 5.85. The topological polar surface area (TPSA) is 18.5 Å². The summed E-state index contributed by atoms with van der Waals surface area (Å²) >= 11 is 3.52. The molecule has 0 aliphatic carbocycles. The number of hydrogen-bond acceptors (Lipinski definition) is 2. The molecule has 0 amide bonds. The average Bonchev–Trinajstić information content (AvgIpc) is 2.80. The first-order valence-corrected chi connectivity index (χ1v) is 7.15. The van der Waals surface area contributed by atoms with Gasteiger partial charge in [0.15, 0.2) is 0 Å². The molecule has 1 aliphatic heterocycles. The van der Waals surface area contributed by atoms with E-state index in [4.69, 9.17) is 9.47 Å². The molecule has 2 nitrogen and oxygen atoms in total. The van der Waals surface area contributed by atoms with Gasteiger partial charge in [0.05, 0.1) is 4.47 Å². The second kappa shape index (κ2) is 5.25. The third-order valence-electron chi connectivity index (χ3n) is 3.23.